The standard InChI is InChI=1S/C20H25NO5P/c1-4-24-27(22)26-16-8-6-13-14-11-12-5-7-15(23-3)18-17(12)20(13,19(16)25-18)9-10-21(14)2/h5-8,13-14,16,19H,4,9-11H2,1-3H3/q+1/t13-,14+,16-,19-,20-/m0/s1. The predicted molar refractivity (Wildman–Crippen MR) is 101 cm³/mol. The van der Waals surface area contributed by atoms with Crippen molar-refractivity contribution in [1.29, 1.82) is 0 Å². The lowest BCUT2D eigenvalue weighted by atomic mass is 9.53. The van der Waals surface area contributed by atoms with Crippen molar-refractivity contribution in [2.45, 2.75) is 43.4 Å². The number of hydrogen-bond donors (Lipinski definition) is 0. The molecule has 2 aliphatic carbocycles. The van der Waals surface area contributed by atoms with Crippen LogP contribution in [-0.2, 0) is 25.4 Å². The summed E-state index contributed by atoms with van der Waals surface area (Å²) in [6.45, 7) is 3.18. The number of likely N-dealkylation sites (tertiary alicyclic amines) is 1. The molecule has 1 fully saturated rings. The Morgan fingerprint density at radius 1 is 1.37 bits per heavy atom. The molecule has 2 bridgehead atoms. The summed E-state index contributed by atoms with van der Waals surface area (Å²) in [7, 11) is 1.72. The predicted octanol–water partition coefficient (Wildman–Crippen LogP) is 3.22. The Morgan fingerprint density at radius 2 is 2.22 bits per heavy atom. The fraction of sp³-hybridized carbons (Fsp3) is 0.600. The van der Waals surface area contributed by atoms with Crippen molar-refractivity contribution in [3.8, 4) is 11.5 Å². The maximum absolute atomic E-state index is 12.2. The highest BCUT2D eigenvalue weighted by Crippen LogP contribution is 2.63. The molecule has 4 aliphatic rings. The van der Waals surface area contributed by atoms with Crippen LogP contribution in [0.5, 0.6) is 11.5 Å². The van der Waals surface area contributed by atoms with E-state index in [-0.39, 0.29) is 11.5 Å². The van der Waals surface area contributed by atoms with Crippen molar-refractivity contribution >= 4 is 8.25 Å². The maximum Gasteiger partial charge on any atom is 0.698 e. The van der Waals surface area contributed by atoms with Crippen LogP contribution in [-0.4, -0.2) is 50.5 Å². The minimum absolute atomic E-state index is 0.156. The first kappa shape index (κ1) is 17.6. The Kier molecular flexibility index (Phi) is 4.10. The Balaban J connectivity index is 1.65. The highest BCUT2D eigenvalue weighted by Gasteiger charge is 2.65. The average Bonchev–Trinajstić information content (AvgIpc) is 3.01. The molecule has 0 radical (unpaired) electrons. The van der Waals surface area contributed by atoms with Crippen LogP contribution in [0, 0.1) is 5.92 Å². The lowest BCUT2D eigenvalue weighted by molar-refractivity contribution is -0.0395. The van der Waals surface area contributed by atoms with E-state index in [1.807, 2.05) is 19.1 Å². The van der Waals surface area contributed by atoms with E-state index >= 15 is 0 Å². The molecular formula is C20H25NO5P+. The number of benzene rings is 1. The zero-order valence-electron chi connectivity index (χ0n) is 15.9. The van der Waals surface area contributed by atoms with Gasteiger partial charge in [-0.3, -0.25) is 0 Å². The van der Waals surface area contributed by atoms with Gasteiger partial charge in [0.05, 0.1) is 7.11 Å². The molecule has 1 unspecified atom stereocenters. The molecule has 2 aliphatic heterocycles. The second-order valence-electron chi connectivity index (χ2n) is 7.83. The fourth-order valence-electron chi connectivity index (χ4n) is 5.70. The Morgan fingerprint density at radius 3 is 3.00 bits per heavy atom. The highest BCUT2D eigenvalue weighted by molar-refractivity contribution is 7.33. The first-order valence-corrected chi connectivity index (χ1v) is 10.7. The molecule has 2 heterocycles. The van der Waals surface area contributed by atoms with Gasteiger partial charge >= 0.3 is 8.25 Å². The molecule has 1 spiro atoms. The second kappa shape index (κ2) is 6.28. The highest BCUT2D eigenvalue weighted by atomic mass is 31.1. The number of nitrogens with zero attached hydrogens (tertiary/aromatic N) is 1. The SMILES string of the molecule is CCO[P+](=O)O[C@H]1C=C[C@H]2[C@H]3Cc4ccc(OC)c5c4[C@@]2(CCN3C)[C@H]1O5. The lowest BCUT2D eigenvalue weighted by Gasteiger charge is -2.56. The van der Waals surface area contributed by atoms with Gasteiger partial charge in [0.15, 0.2) is 17.6 Å². The number of ether oxygens (including phenoxy) is 2. The van der Waals surface area contributed by atoms with Crippen molar-refractivity contribution in [2.75, 3.05) is 27.3 Å². The zero-order valence-corrected chi connectivity index (χ0v) is 16.8. The van der Waals surface area contributed by atoms with Gasteiger partial charge in [0.25, 0.3) is 0 Å². The minimum atomic E-state index is -2.17. The molecule has 0 N–H and O–H groups in total. The fourth-order valence-corrected chi connectivity index (χ4v) is 6.35. The summed E-state index contributed by atoms with van der Waals surface area (Å²) in [5, 5.41) is 0. The van der Waals surface area contributed by atoms with Crippen LogP contribution < -0.4 is 9.47 Å². The molecule has 0 amide bonds. The van der Waals surface area contributed by atoms with E-state index in [2.05, 4.69) is 24.1 Å². The summed E-state index contributed by atoms with van der Waals surface area (Å²) >= 11 is 0. The second-order valence-corrected chi connectivity index (χ2v) is 8.75. The van der Waals surface area contributed by atoms with E-state index in [4.69, 9.17) is 18.5 Å². The van der Waals surface area contributed by atoms with E-state index in [1.165, 1.54) is 11.1 Å². The molecule has 7 heteroatoms. The molecule has 27 heavy (non-hydrogen) atoms. The number of hydrogen-bond acceptors (Lipinski definition) is 6. The van der Waals surface area contributed by atoms with Crippen molar-refractivity contribution in [3.05, 3.63) is 35.4 Å². The molecule has 5 rings (SSSR count). The van der Waals surface area contributed by atoms with Crippen LogP contribution in [0.3, 0.4) is 0 Å². The quantitative estimate of drug-likeness (QED) is 0.568. The molecular weight excluding hydrogens is 365 g/mol. The van der Waals surface area contributed by atoms with E-state index < -0.39 is 14.4 Å². The largest absolute Gasteiger partial charge is 0.698 e. The van der Waals surface area contributed by atoms with E-state index in [0.717, 1.165) is 30.9 Å². The summed E-state index contributed by atoms with van der Waals surface area (Å²) < 4.78 is 35.3. The molecule has 0 saturated carbocycles. The van der Waals surface area contributed by atoms with Gasteiger partial charge in [-0.2, -0.15) is 0 Å². The van der Waals surface area contributed by atoms with Crippen LogP contribution in [0.15, 0.2) is 24.3 Å². The van der Waals surface area contributed by atoms with Crippen LogP contribution in [0.25, 0.3) is 0 Å². The summed E-state index contributed by atoms with van der Waals surface area (Å²) in [6.07, 6.45) is 5.66. The monoisotopic (exact) mass is 390 g/mol. The van der Waals surface area contributed by atoms with Crippen LogP contribution in [0.1, 0.15) is 24.5 Å². The van der Waals surface area contributed by atoms with Crippen molar-refractivity contribution in [3.63, 3.8) is 0 Å². The Labute approximate surface area is 160 Å². The Bertz CT molecular complexity index is 827. The van der Waals surface area contributed by atoms with Crippen molar-refractivity contribution in [1.82, 2.24) is 4.90 Å². The van der Waals surface area contributed by atoms with Gasteiger partial charge in [-0.05, 0) is 45.0 Å². The van der Waals surface area contributed by atoms with E-state index in [1.54, 1.807) is 7.11 Å². The molecule has 1 saturated heterocycles. The summed E-state index contributed by atoms with van der Waals surface area (Å²) in [5.41, 5.74) is 2.46. The van der Waals surface area contributed by atoms with Crippen LogP contribution in [0.2, 0.25) is 0 Å². The van der Waals surface area contributed by atoms with Crippen molar-refractivity contribution < 1.29 is 23.1 Å². The normalized spacial score (nSPS) is 36.2. The number of rotatable bonds is 5. The number of likely N-dealkylation sites (N-methyl/N-ethyl adjacent to an activating group) is 1. The molecule has 6 nitrogen and oxygen atoms in total. The molecule has 144 valence electrons. The van der Waals surface area contributed by atoms with Gasteiger partial charge in [-0.1, -0.05) is 18.2 Å². The van der Waals surface area contributed by atoms with Gasteiger partial charge in [0, 0.05) is 27.5 Å². The summed E-state index contributed by atoms with van der Waals surface area (Å²) in [6, 6.07) is 4.62. The lowest BCUT2D eigenvalue weighted by Crippen LogP contribution is -2.64. The van der Waals surface area contributed by atoms with Crippen LogP contribution >= 0.6 is 8.25 Å². The third kappa shape index (κ3) is 2.31. The number of piperidine rings is 1. The van der Waals surface area contributed by atoms with Gasteiger partial charge in [0.1, 0.15) is 12.7 Å². The average molecular weight is 390 g/mol. The topological polar surface area (TPSA) is 57.2 Å². The summed E-state index contributed by atoms with van der Waals surface area (Å²) in [4.78, 5) is 2.46. The van der Waals surface area contributed by atoms with Crippen LogP contribution in [0.4, 0.5) is 0 Å². The van der Waals surface area contributed by atoms with Crippen molar-refractivity contribution in [2.24, 2.45) is 5.92 Å². The molecule has 1 aromatic rings. The first-order chi connectivity index (χ1) is 13.1. The third-order valence-corrected chi connectivity index (χ3v) is 7.66. The number of methoxy groups -OCH3 is 1. The third-order valence-electron chi connectivity index (χ3n) is 6.78. The zero-order chi connectivity index (χ0) is 18.8. The molecule has 1 aromatic carbocycles. The Hall–Kier alpha value is -1.46. The smallest absolute Gasteiger partial charge is 0.493 e. The molecule has 0 aromatic heterocycles. The first-order valence-electron chi connectivity index (χ1n) is 9.62. The van der Waals surface area contributed by atoms with E-state index in [9.17, 15) is 4.57 Å². The van der Waals surface area contributed by atoms with Gasteiger partial charge in [-0.15, -0.1) is 9.05 Å². The van der Waals surface area contributed by atoms with Gasteiger partial charge < -0.3 is 14.4 Å². The minimum Gasteiger partial charge on any atom is -0.493 e. The van der Waals surface area contributed by atoms with E-state index in [0.29, 0.717) is 18.6 Å². The van der Waals surface area contributed by atoms with Gasteiger partial charge in [0.2, 0.25) is 0 Å². The maximum atomic E-state index is 12.2. The van der Waals surface area contributed by atoms with Gasteiger partial charge in [-0.25, -0.2) is 0 Å². The summed E-state index contributed by atoms with van der Waals surface area (Å²) in [5.74, 6) is 1.96. The molecule has 6 atom stereocenters.